The Bertz CT molecular complexity index is 348. The molecule has 2 heteroatoms. The highest BCUT2D eigenvalue weighted by Gasteiger charge is 2.47. The van der Waals surface area contributed by atoms with Crippen LogP contribution in [-0.2, 0) is 4.43 Å². The van der Waals surface area contributed by atoms with Gasteiger partial charge in [-0.1, -0.05) is 74.3 Å². The Labute approximate surface area is 147 Å². The number of allylic oxidation sites excluding steroid dienone is 1. The monoisotopic (exact) mass is 338 g/mol. The number of unbranched alkanes of at least 4 members (excludes halogenated alkanes) is 2. The number of hydrogen-bond acceptors (Lipinski definition) is 1. The van der Waals surface area contributed by atoms with Crippen molar-refractivity contribution in [3.63, 3.8) is 0 Å². The molecule has 0 amide bonds. The zero-order valence-electron chi connectivity index (χ0n) is 17.1. The average molecular weight is 339 g/mol. The molecule has 0 aromatic carbocycles. The topological polar surface area (TPSA) is 9.23 Å². The highest BCUT2D eigenvalue weighted by Crippen LogP contribution is 2.45. The van der Waals surface area contributed by atoms with Crippen molar-refractivity contribution in [1.82, 2.24) is 0 Å². The molecule has 0 aromatic heterocycles. The average Bonchev–Trinajstić information content (AvgIpc) is 2.46. The fraction of sp³-hybridized carbons (Fsp3) is 0.905. The Morgan fingerprint density at radius 1 is 1.04 bits per heavy atom. The van der Waals surface area contributed by atoms with Gasteiger partial charge < -0.3 is 4.43 Å². The van der Waals surface area contributed by atoms with E-state index < -0.39 is 8.32 Å². The second-order valence-corrected chi connectivity index (χ2v) is 14.0. The van der Waals surface area contributed by atoms with Crippen molar-refractivity contribution in [2.24, 2.45) is 5.92 Å². The summed E-state index contributed by atoms with van der Waals surface area (Å²) in [6, 6.07) is 0. The van der Waals surface area contributed by atoms with Crippen molar-refractivity contribution >= 4 is 8.32 Å². The minimum absolute atomic E-state index is 0.398. The minimum atomic E-state index is -1.77. The maximum atomic E-state index is 7.15. The van der Waals surface area contributed by atoms with E-state index in [0.29, 0.717) is 28.6 Å². The molecule has 1 saturated carbocycles. The molecule has 1 rings (SSSR count). The van der Waals surface area contributed by atoms with E-state index in [0.717, 1.165) is 0 Å². The first-order chi connectivity index (χ1) is 10.8. The Balaban J connectivity index is 3.05. The summed E-state index contributed by atoms with van der Waals surface area (Å²) in [4.78, 5) is 0. The van der Waals surface area contributed by atoms with E-state index in [2.05, 4.69) is 61.5 Å². The first-order valence-electron chi connectivity index (χ1n) is 10.1. The van der Waals surface area contributed by atoms with Crippen molar-refractivity contribution in [3.8, 4) is 0 Å². The lowest BCUT2D eigenvalue weighted by atomic mass is 9.83. The van der Waals surface area contributed by atoms with E-state index in [1.165, 1.54) is 38.5 Å². The standard InChI is InChI=1S/C21H42OSi/c1-9-10-11-14-20-19(8)13-12-15-21(20)22-23(16(2)3,17(4)5)18(6)7/h14,16-19,21H,9-13,15H2,1-8H3. The van der Waals surface area contributed by atoms with E-state index in [1.807, 2.05) is 0 Å². The predicted octanol–water partition coefficient (Wildman–Crippen LogP) is 7.48. The highest BCUT2D eigenvalue weighted by molar-refractivity contribution is 6.77. The van der Waals surface area contributed by atoms with Gasteiger partial charge in [-0.25, -0.2) is 0 Å². The third-order valence-electron chi connectivity index (χ3n) is 6.04. The molecule has 0 bridgehead atoms. The Hall–Kier alpha value is -0.0831. The van der Waals surface area contributed by atoms with Crippen molar-refractivity contribution in [3.05, 3.63) is 11.6 Å². The minimum Gasteiger partial charge on any atom is -0.409 e. The second kappa shape index (κ2) is 9.41. The Morgan fingerprint density at radius 3 is 2.09 bits per heavy atom. The normalized spacial score (nSPS) is 25.1. The Kier molecular flexibility index (Phi) is 8.58. The summed E-state index contributed by atoms with van der Waals surface area (Å²) in [7, 11) is -1.77. The van der Waals surface area contributed by atoms with Crippen LogP contribution in [0.25, 0.3) is 0 Å². The third-order valence-corrected chi connectivity index (χ3v) is 12.1. The maximum Gasteiger partial charge on any atom is 0.201 e. The van der Waals surface area contributed by atoms with Gasteiger partial charge in [-0.05, 0) is 53.8 Å². The summed E-state index contributed by atoms with van der Waals surface area (Å²) in [5, 5.41) is 0. The van der Waals surface area contributed by atoms with Crippen LogP contribution < -0.4 is 0 Å². The fourth-order valence-corrected chi connectivity index (χ4v) is 10.4. The molecule has 1 fully saturated rings. The molecule has 23 heavy (non-hydrogen) atoms. The molecule has 1 aliphatic rings. The van der Waals surface area contributed by atoms with Gasteiger partial charge in [-0.2, -0.15) is 0 Å². The summed E-state index contributed by atoms with van der Waals surface area (Å²) in [6.07, 6.45) is 10.7. The van der Waals surface area contributed by atoms with Gasteiger partial charge in [0.05, 0.1) is 6.10 Å². The van der Waals surface area contributed by atoms with Gasteiger partial charge >= 0.3 is 0 Å². The summed E-state index contributed by atoms with van der Waals surface area (Å²) in [6.45, 7) is 19.1. The third kappa shape index (κ3) is 4.95. The van der Waals surface area contributed by atoms with E-state index >= 15 is 0 Å². The summed E-state index contributed by atoms with van der Waals surface area (Å²) in [5.74, 6) is 0.712. The summed E-state index contributed by atoms with van der Waals surface area (Å²) >= 11 is 0. The van der Waals surface area contributed by atoms with Crippen LogP contribution in [-0.4, -0.2) is 14.4 Å². The molecular weight excluding hydrogens is 296 g/mol. The lowest BCUT2D eigenvalue weighted by Gasteiger charge is -2.46. The predicted molar refractivity (Wildman–Crippen MR) is 107 cm³/mol. The quantitative estimate of drug-likeness (QED) is 0.253. The number of hydrogen-bond donors (Lipinski definition) is 0. The van der Waals surface area contributed by atoms with Crippen molar-refractivity contribution < 1.29 is 4.43 Å². The van der Waals surface area contributed by atoms with Crippen molar-refractivity contribution in [2.45, 2.75) is 117 Å². The van der Waals surface area contributed by atoms with Crippen molar-refractivity contribution in [1.29, 1.82) is 0 Å². The fourth-order valence-electron chi connectivity index (χ4n) is 4.85. The molecule has 0 N–H and O–H groups in total. The molecule has 2 unspecified atom stereocenters. The first-order valence-corrected chi connectivity index (χ1v) is 12.3. The van der Waals surface area contributed by atoms with Crippen LogP contribution in [0.15, 0.2) is 11.6 Å². The lowest BCUT2D eigenvalue weighted by molar-refractivity contribution is 0.162. The number of rotatable bonds is 8. The van der Waals surface area contributed by atoms with Crippen LogP contribution in [0.3, 0.4) is 0 Å². The van der Waals surface area contributed by atoms with E-state index in [9.17, 15) is 0 Å². The molecule has 136 valence electrons. The van der Waals surface area contributed by atoms with Gasteiger partial charge in [0, 0.05) is 0 Å². The zero-order chi connectivity index (χ0) is 17.6. The lowest BCUT2D eigenvalue weighted by Crippen LogP contribution is -2.51. The largest absolute Gasteiger partial charge is 0.409 e. The summed E-state index contributed by atoms with van der Waals surface area (Å²) < 4.78 is 7.15. The van der Waals surface area contributed by atoms with Crippen LogP contribution >= 0.6 is 0 Å². The van der Waals surface area contributed by atoms with Gasteiger partial charge in [0.2, 0.25) is 8.32 Å². The van der Waals surface area contributed by atoms with Gasteiger partial charge in [0.1, 0.15) is 0 Å². The molecule has 0 radical (unpaired) electrons. The van der Waals surface area contributed by atoms with E-state index in [1.54, 1.807) is 5.57 Å². The summed E-state index contributed by atoms with van der Waals surface area (Å²) in [5.41, 5.74) is 3.66. The SMILES string of the molecule is CCCCC=C1C(C)CCCC1O[Si](C(C)C)(C(C)C)C(C)C. The van der Waals surface area contributed by atoms with Gasteiger partial charge in [-0.3, -0.25) is 0 Å². The molecule has 0 saturated heterocycles. The van der Waals surface area contributed by atoms with Gasteiger partial charge in [0.25, 0.3) is 0 Å². The molecule has 0 aliphatic heterocycles. The molecule has 0 spiro atoms. The molecule has 1 aliphatic carbocycles. The van der Waals surface area contributed by atoms with E-state index in [-0.39, 0.29) is 0 Å². The zero-order valence-corrected chi connectivity index (χ0v) is 18.1. The molecule has 1 nitrogen and oxygen atoms in total. The molecule has 0 heterocycles. The van der Waals surface area contributed by atoms with Crippen LogP contribution in [0, 0.1) is 5.92 Å². The van der Waals surface area contributed by atoms with Crippen molar-refractivity contribution in [2.75, 3.05) is 0 Å². The van der Waals surface area contributed by atoms with Gasteiger partial charge in [-0.15, -0.1) is 0 Å². The molecular formula is C21H42OSi. The second-order valence-electron chi connectivity index (χ2n) is 8.60. The van der Waals surface area contributed by atoms with Gasteiger partial charge in [0.15, 0.2) is 0 Å². The van der Waals surface area contributed by atoms with Crippen LogP contribution in [0.4, 0.5) is 0 Å². The highest BCUT2D eigenvalue weighted by atomic mass is 28.4. The van der Waals surface area contributed by atoms with E-state index in [4.69, 9.17) is 4.43 Å². The molecule has 0 aromatic rings. The smallest absolute Gasteiger partial charge is 0.201 e. The Morgan fingerprint density at radius 2 is 1.61 bits per heavy atom. The van der Waals surface area contributed by atoms with Crippen LogP contribution in [0.2, 0.25) is 16.6 Å². The molecule has 2 atom stereocenters. The maximum absolute atomic E-state index is 7.15. The van der Waals surface area contributed by atoms with Crippen LogP contribution in [0.5, 0.6) is 0 Å². The first kappa shape index (κ1) is 21.0. The van der Waals surface area contributed by atoms with Crippen LogP contribution in [0.1, 0.15) is 93.9 Å².